The number of aromatic nitrogens is 2. The van der Waals surface area contributed by atoms with Crippen molar-refractivity contribution in [2.45, 2.75) is 47.0 Å². The normalized spacial score (nSPS) is 14.3. The summed E-state index contributed by atoms with van der Waals surface area (Å²) in [5, 5.41) is 7.69. The quantitative estimate of drug-likeness (QED) is 0.742. The van der Waals surface area contributed by atoms with Gasteiger partial charge in [0.2, 0.25) is 0 Å². The van der Waals surface area contributed by atoms with E-state index >= 15 is 0 Å². The van der Waals surface area contributed by atoms with Gasteiger partial charge in [-0.15, -0.1) is 0 Å². The molecule has 0 aromatic carbocycles. The van der Waals surface area contributed by atoms with Crippen molar-refractivity contribution >= 4 is 22.6 Å². The largest absolute Gasteiger partial charge is 0.280 e. The molecule has 1 N–H and O–H groups in total. The van der Waals surface area contributed by atoms with Crippen LogP contribution in [-0.2, 0) is 5.41 Å². The van der Waals surface area contributed by atoms with Gasteiger partial charge in [-0.25, -0.2) is 4.99 Å². The number of nitrogens with one attached hydrogen (secondary N) is 1. The van der Waals surface area contributed by atoms with E-state index in [0.717, 1.165) is 5.69 Å². The number of H-pyrrole nitrogens is 1. The van der Waals surface area contributed by atoms with Crippen LogP contribution in [0, 0.1) is 5.41 Å². The van der Waals surface area contributed by atoms with Crippen molar-refractivity contribution in [3.8, 4) is 0 Å². The van der Waals surface area contributed by atoms with Crippen LogP contribution < -0.4 is 0 Å². The molecule has 1 rings (SSSR count). The molecule has 0 saturated carbocycles. The van der Waals surface area contributed by atoms with E-state index in [1.54, 1.807) is 0 Å². The second kappa shape index (κ2) is 4.21. The molecule has 0 saturated heterocycles. The Bertz CT molecular complexity index is 391. The Morgan fingerprint density at radius 1 is 1.25 bits per heavy atom. The Labute approximate surface area is 102 Å². The lowest BCUT2D eigenvalue weighted by molar-refractivity contribution is 0.567. The maximum absolute atomic E-state index is 6.11. The van der Waals surface area contributed by atoms with E-state index in [1.165, 1.54) is 0 Å². The number of rotatable bonds is 1. The lowest BCUT2D eigenvalue weighted by Gasteiger charge is -2.15. The topological polar surface area (TPSA) is 41.0 Å². The van der Waals surface area contributed by atoms with Crippen LogP contribution in [0.1, 0.15) is 47.2 Å². The zero-order chi connectivity index (χ0) is 12.6. The van der Waals surface area contributed by atoms with Crippen LogP contribution in [0.2, 0.25) is 0 Å². The number of halogens is 1. The molecule has 1 aromatic heterocycles. The number of aliphatic imine (C=N–C) groups is 1. The van der Waals surface area contributed by atoms with Crippen LogP contribution >= 0.6 is 11.6 Å². The highest BCUT2D eigenvalue weighted by atomic mass is 35.5. The Kier molecular flexibility index (Phi) is 3.48. The molecular weight excluding hydrogens is 222 g/mol. The Hall–Kier alpha value is -0.830. The van der Waals surface area contributed by atoms with Crippen molar-refractivity contribution in [1.29, 1.82) is 0 Å². The minimum Gasteiger partial charge on any atom is -0.280 e. The fraction of sp³-hybridized carbons (Fsp3) is 0.667. The molecule has 3 nitrogen and oxygen atoms in total. The minimum atomic E-state index is -0.137. The molecule has 0 atom stereocenters. The van der Waals surface area contributed by atoms with E-state index < -0.39 is 0 Å². The third-order valence-electron chi connectivity index (χ3n) is 2.20. The SMILES string of the molecule is CC(C)(C)C(Cl)=Nc1cc(C(C)(C)C)[nH]n1. The Morgan fingerprint density at radius 3 is 2.19 bits per heavy atom. The highest BCUT2D eigenvalue weighted by Crippen LogP contribution is 2.26. The van der Waals surface area contributed by atoms with Crippen LogP contribution in [0.3, 0.4) is 0 Å². The summed E-state index contributed by atoms with van der Waals surface area (Å²) in [6, 6.07) is 1.94. The first-order valence-corrected chi connectivity index (χ1v) is 5.79. The molecule has 1 heterocycles. The van der Waals surface area contributed by atoms with E-state index in [-0.39, 0.29) is 10.8 Å². The maximum Gasteiger partial charge on any atom is 0.174 e. The van der Waals surface area contributed by atoms with Gasteiger partial charge in [0.25, 0.3) is 0 Å². The standard InChI is InChI=1S/C12H20ClN3/c1-11(2,3)8-7-9(16-15-8)14-10(13)12(4,5)6/h7H,1-6H3,(H,15,16). The monoisotopic (exact) mass is 241 g/mol. The van der Waals surface area contributed by atoms with E-state index in [9.17, 15) is 0 Å². The van der Waals surface area contributed by atoms with Crippen molar-refractivity contribution in [2.24, 2.45) is 10.4 Å². The van der Waals surface area contributed by atoms with Gasteiger partial charge < -0.3 is 0 Å². The van der Waals surface area contributed by atoms with Gasteiger partial charge in [0, 0.05) is 22.6 Å². The molecule has 0 aliphatic carbocycles. The molecule has 0 aliphatic rings. The van der Waals surface area contributed by atoms with Crippen molar-refractivity contribution < 1.29 is 0 Å². The molecule has 0 aliphatic heterocycles. The van der Waals surface area contributed by atoms with Gasteiger partial charge in [-0.1, -0.05) is 53.1 Å². The zero-order valence-electron chi connectivity index (χ0n) is 10.8. The Balaban J connectivity index is 2.97. The van der Waals surface area contributed by atoms with Gasteiger partial charge >= 0.3 is 0 Å². The third kappa shape index (κ3) is 3.34. The molecule has 0 fully saturated rings. The number of aromatic amines is 1. The summed E-state index contributed by atoms with van der Waals surface area (Å²) in [6.07, 6.45) is 0. The second-order valence-corrected chi connectivity index (χ2v) is 6.40. The minimum absolute atomic E-state index is 0.0506. The van der Waals surface area contributed by atoms with E-state index in [4.69, 9.17) is 11.6 Å². The summed E-state index contributed by atoms with van der Waals surface area (Å²) in [4.78, 5) is 4.30. The molecule has 1 aromatic rings. The van der Waals surface area contributed by atoms with Crippen molar-refractivity contribution in [2.75, 3.05) is 0 Å². The van der Waals surface area contributed by atoms with Crippen molar-refractivity contribution in [3.05, 3.63) is 11.8 Å². The fourth-order valence-electron chi connectivity index (χ4n) is 1.02. The van der Waals surface area contributed by atoms with Crippen LogP contribution in [0.15, 0.2) is 11.1 Å². The zero-order valence-corrected chi connectivity index (χ0v) is 11.6. The molecule has 4 heteroatoms. The van der Waals surface area contributed by atoms with Gasteiger partial charge in [-0.05, 0) is 0 Å². The molecule has 16 heavy (non-hydrogen) atoms. The number of hydrogen-bond acceptors (Lipinski definition) is 2. The third-order valence-corrected chi connectivity index (χ3v) is 2.86. The summed E-state index contributed by atoms with van der Waals surface area (Å²) in [5.74, 6) is 0.643. The van der Waals surface area contributed by atoms with E-state index in [0.29, 0.717) is 11.0 Å². The smallest absolute Gasteiger partial charge is 0.174 e. The van der Waals surface area contributed by atoms with E-state index in [1.807, 2.05) is 26.8 Å². The van der Waals surface area contributed by atoms with Crippen molar-refractivity contribution in [3.63, 3.8) is 0 Å². The highest BCUT2D eigenvalue weighted by Gasteiger charge is 2.19. The number of nitrogens with zero attached hydrogens (tertiary/aromatic N) is 2. The van der Waals surface area contributed by atoms with Gasteiger partial charge in [0.1, 0.15) is 5.17 Å². The summed E-state index contributed by atoms with van der Waals surface area (Å²) in [5.41, 5.74) is 0.974. The predicted molar refractivity (Wildman–Crippen MR) is 69.7 cm³/mol. The van der Waals surface area contributed by atoms with Gasteiger partial charge in [0.05, 0.1) is 0 Å². The van der Waals surface area contributed by atoms with Crippen LogP contribution in [0.25, 0.3) is 0 Å². The molecule has 0 bridgehead atoms. The summed E-state index contributed by atoms with van der Waals surface area (Å²) >= 11 is 6.11. The summed E-state index contributed by atoms with van der Waals surface area (Å²) in [6.45, 7) is 12.4. The first kappa shape index (κ1) is 13.2. The highest BCUT2D eigenvalue weighted by molar-refractivity contribution is 6.66. The second-order valence-electron chi connectivity index (χ2n) is 6.04. The van der Waals surface area contributed by atoms with E-state index in [2.05, 4.69) is 36.0 Å². The summed E-state index contributed by atoms with van der Waals surface area (Å²) in [7, 11) is 0. The average Bonchev–Trinajstić information content (AvgIpc) is 2.49. The lowest BCUT2D eigenvalue weighted by Crippen LogP contribution is -2.13. The predicted octanol–water partition coefficient (Wildman–Crippen LogP) is 4.02. The Morgan fingerprint density at radius 2 is 1.81 bits per heavy atom. The van der Waals surface area contributed by atoms with Gasteiger partial charge in [0.15, 0.2) is 5.82 Å². The number of hydrogen-bond donors (Lipinski definition) is 1. The van der Waals surface area contributed by atoms with Gasteiger partial charge in [-0.3, -0.25) is 5.10 Å². The first-order chi connectivity index (χ1) is 7.10. The van der Waals surface area contributed by atoms with Gasteiger partial charge in [-0.2, -0.15) is 5.10 Å². The molecule has 0 unspecified atom stereocenters. The molecular formula is C12H20ClN3. The van der Waals surface area contributed by atoms with Crippen LogP contribution in [0.4, 0.5) is 5.82 Å². The maximum atomic E-state index is 6.11. The summed E-state index contributed by atoms with van der Waals surface area (Å²) < 4.78 is 0. The molecule has 0 radical (unpaired) electrons. The fourth-order valence-corrected chi connectivity index (χ4v) is 1.11. The lowest BCUT2D eigenvalue weighted by atomic mass is 9.92. The van der Waals surface area contributed by atoms with Crippen LogP contribution in [0.5, 0.6) is 0 Å². The first-order valence-electron chi connectivity index (χ1n) is 5.41. The van der Waals surface area contributed by atoms with Crippen LogP contribution in [-0.4, -0.2) is 15.4 Å². The van der Waals surface area contributed by atoms with Crippen molar-refractivity contribution in [1.82, 2.24) is 10.2 Å². The molecule has 0 spiro atoms. The molecule has 90 valence electrons. The molecule has 0 amide bonds. The average molecular weight is 242 g/mol.